The smallest absolute Gasteiger partial charge is 0.234 e. The number of amides is 1. The van der Waals surface area contributed by atoms with Crippen LogP contribution in [-0.4, -0.2) is 28.1 Å². The Hall–Kier alpha value is -2.02. The normalized spacial score (nSPS) is 17.5. The number of halogens is 2. The van der Waals surface area contributed by atoms with Crippen molar-refractivity contribution in [1.82, 2.24) is 5.01 Å². The van der Waals surface area contributed by atoms with Crippen molar-refractivity contribution >= 4 is 63.6 Å². The van der Waals surface area contributed by atoms with Gasteiger partial charge in [-0.2, -0.15) is 5.10 Å². The fraction of sp³-hybridized carbons (Fsp3) is 0.167. The summed E-state index contributed by atoms with van der Waals surface area (Å²) in [5.74, 6) is -0.0207. The number of nitrogens with zero attached hydrogens (tertiary/aromatic N) is 3. The highest BCUT2D eigenvalue weighted by molar-refractivity contribution is 8.14. The summed E-state index contributed by atoms with van der Waals surface area (Å²) in [5.41, 5.74) is 2.51. The summed E-state index contributed by atoms with van der Waals surface area (Å²) in [6.07, 6.45) is 2.71. The molecule has 0 fully saturated rings. The van der Waals surface area contributed by atoms with Crippen molar-refractivity contribution in [2.24, 2.45) is 10.1 Å². The summed E-state index contributed by atoms with van der Waals surface area (Å²) < 4.78 is 0. The highest BCUT2D eigenvalue weighted by Crippen LogP contribution is 2.41. The lowest BCUT2D eigenvalue weighted by Crippen LogP contribution is -2.29. The van der Waals surface area contributed by atoms with Crippen LogP contribution in [0.15, 0.2) is 52.6 Å². The highest BCUT2D eigenvalue weighted by atomic mass is 35.5. The maximum atomic E-state index is 12.3. The maximum Gasteiger partial charge on any atom is 0.234 e. The molecule has 8 heteroatoms. The molecule has 0 saturated heterocycles. The molecule has 0 bridgehead atoms. The number of anilines is 1. The third kappa shape index (κ3) is 3.32. The van der Waals surface area contributed by atoms with Crippen LogP contribution in [0.25, 0.3) is 0 Å². The average molecular weight is 405 g/mol. The molecular weight excluding hydrogens is 391 g/mol. The molecule has 0 aromatic heterocycles. The fourth-order valence-electron chi connectivity index (χ4n) is 2.90. The molecule has 0 spiro atoms. The van der Waals surface area contributed by atoms with Crippen LogP contribution in [0, 0.1) is 0 Å². The van der Waals surface area contributed by atoms with Crippen molar-refractivity contribution < 1.29 is 4.79 Å². The summed E-state index contributed by atoms with van der Waals surface area (Å²) in [5, 5.41) is 10.6. The van der Waals surface area contributed by atoms with Gasteiger partial charge in [0.2, 0.25) is 5.91 Å². The van der Waals surface area contributed by atoms with E-state index in [4.69, 9.17) is 23.2 Å². The molecule has 2 aliphatic heterocycles. The number of aliphatic imine (C=N–C) groups is 1. The van der Waals surface area contributed by atoms with E-state index >= 15 is 0 Å². The molecule has 132 valence electrons. The van der Waals surface area contributed by atoms with E-state index in [-0.39, 0.29) is 17.7 Å². The fourth-order valence-corrected chi connectivity index (χ4v) is 4.20. The molecule has 0 aliphatic carbocycles. The second kappa shape index (κ2) is 7.31. The maximum absolute atomic E-state index is 12.3. The molecule has 4 rings (SSSR count). The van der Waals surface area contributed by atoms with Crippen LogP contribution in [-0.2, 0) is 4.79 Å². The molecular formula is C18H14Cl2N4OS. The van der Waals surface area contributed by atoms with Crippen molar-refractivity contribution in [3.05, 3.63) is 58.1 Å². The number of amidine groups is 1. The van der Waals surface area contributed by atoms with Crippen molar-refractivity contribution in [3.8, 4) is 0 Å². The standard InChI is InChI=1S/C18H14Cl2N4OS/c19-12-5-3-6-13(20)17(12)23-16(25)10-26-18-22-14-7-2-1-4-11(14)15-8-9-21-24(15)18/h1-7,9,15H,8,10H2,(H,23,25)/t15-/m0/s1. The number of carbonyl (C=O) groups excluding carboxylic acids is 1. The predicted molar refractivity (Wildman–Crippen MR) is 109 cm³/mol. The summed E-state index contributed by atoms with van der Waals surface area (Å²) in [7, 11) is 0. The van der Waals surface area contributed by atoms with Crippen molar-refractivity contribution in [2.75, 3.05) is 11.1 Å². The Labute approximate surface area is 165 Å². The van der Waals surface area contributed by atoms with Gasteiger partial charge >= 0.3 is 0 Å². The molecule has 2 heterocycles. The number of nitrogens with one attached hydrogen (secondary N) is 1. The van der Waals surface area contributed by atoms with Gasteiger partial charge in [-0.05, 0) is 18.2 Å². The van der Waals surface area contributed by atoms with Crippen LogP contribution in [0.1, 0.15) is 18.0 Å². The third-order valence-electron chi connectivity index (χ3n) is 4.10. The van der Waals surface area contributed by atoms with Gasteiger partial charge in [-0.15, -0.1) is 0 Å². The van der Waals surface area contributed by atoms with Crippen LogP contribution < -0.4 is 5.32 Å². The number of hydrogen-bond acceptors (Lipinski definition) is 5. The monoisotopic (exact) mass is 404 g/mol. The van der Waals surface area contributed by atoms with Gasteiger partial charge in [-0.25, -0.2) is 10.0 Å². The van der Waals surface area contributed by atoms with Gasteiger partial charge in [0.1, 0.15) is 0 Å². The quantitative estimate of drug-likeness (QED) is 0.773. The molecule has 26 heavy (non-hydrogen) atoms. The van der Waals surface area contributed by atoms with E-state index in [9.17, 15) is 4.79 Å². The van der Waals surface area contributed by atoms with Gasteiger partial charge in [0.25, 0.3) is 0 Å². The second-order valence-electron chi connectivity index (χ2n) is 5.78. The van der Waals surface area contributed by atoms with Crippen LogP contribution >= 0.6 is 35.0 Å². The van der Waals surface area contributed by atoms with Gasteiger partial charge in [0, 0.05) is 18.2 Å². The van der Waals surface area contributed by atoms with Crippen LogP contribution in [0.2, 0.25) is 10.0 Å². The summed E-state index contributed by atoms with van der Waals surface area (Å²) in [6, 6.07) is 13.3. The van der Waals surface area contributed by atoms with Crippen molar-refractivity contribution in [2.45, 2.75) is 12.5 Å². The number of fused-ring (bicyclic) bond motifs is 3. The Morgan fingerprint density at radius 1 is 1.19 bits per heavy atom. The molecule has 5 nitrogen and oxygen atoms in total. The largest absolute Gasteiger partial charge is 0.323 e. The molecule has 0 saturated carbocycles. The summed E-state index contributed by atoms with van der Waals surface area (Å²) >= 11 is 13.5. The first-order valence-corrected chi connectivity index (χ1v) is 9.73. The van der Waals surface area contributed by atoms with Gasteiger partial charge in [-0.1, -0.05) is 59.2 Å². The summed E-state index contributed by atoms with van der Waals surface area (Å²) in [4.78, 5) is 17.0. The topological polar surface area (TPSA) is 57.1 Å². The average Bonchev–Trinajstić information content (AvgIpc) is 3.13. The van der Waals surface area contributed by atoms with Gasteiger partial charge in [0.05, 0.1) is 33.2 Å². The molecule has 2 aromatic carbocycles. The van der Waals surface area contributed by atoms with Crippen LogP contribution in [0.4, 0.5) is 11.4 Å². The first-order chi connectivity index (χ1) is 12.6. The van der Waals surface area contributed by atoms with Crippen molar-refractivity contribution in [3.63, 3.8) is 0 Å². The van der Waals surface area contributed by atoms with E-state index in [0.717, 1.165) is 17.7 Å². The molecule has 2 aliphatic rings. The minimum atomic E-state index is -0.203. The van der Waals surface area contributed by atoms with Gasteiger partial charge in [-0.3, -0.25) is 4.79 Å². The number of benzene rings is 2. The number of hydrazone groups is 1. The Kier molecular flexibility index (Phi) is 4.89. The lowest BCUT2D eigenvalue weighted by Gasteiger charge is -2.29. The minimum Gasteiger partial charge on any atom is -0.323 e. The number of hydrogen-bond donors (Lipinski definition) is 1. The molecule has 1 N–H and O–H groups in total. The molecule has 1 atom stereocenters. The number of para-hydroxylation sites is 2. The zero-order valence-electron chi connectivity index (χ0n) is 13.5. The Morgan fingerprint density at radius 2 is 1.96 bits per heavy atom. The Morgan fingerprint density at radius 3 is 2.77 bits per heavy atom. The second-order valence-corrected chi connectivity index (χ2v) is 7.54. The lowest BCUT2D eigenvalue weighted by atomic mass is 10.0. The molecule has 2 aromatic rings. The lowest BCUT2D eigenvalue weighted by molar-refractivity contribution is -0.113. The Bertz CT molecular complexity index is 911. The predicted octanol–water partition coefficient (Wildman–Crippen LogP) is 5.10. The number of thioether (sulfide) groups is 1. The first kappa shape index (κ1) is 17.4. The molecule has 1 amide bonds. The van der Waals surface area contributed by atoms with E-state index in [1.165, 1.54) is 11.8 Å². The van der Waals surface area contributed by atoms with E-state index in [1.807, 2.05) is 29.4 Å². The van der Waals surface area contributed by atoms with Crippen LogP contribution in [0.5, 0.6) is 0 Å². The highest BCUT2D eigenvalue weighted by Gasteiger charge is 2.32. The number of rotatable bonds is 3. The molecule has 0 radical (unpaired) electrons. The zero-order chi connectivity index (χ0) is 18.1. The van der Waals surface area contributed by atoms with Crippen LogP contribution in [0.3, 0.4) is 0 Å². The van der Waals surface area contributed by atoms with E-state index in [0.29, 0.717) is 20.9 Å². The first-order valence-electron chi connectivity index (χ1n) is 7.99. The van der Waals surface area contributed by atoms with E-state index in [2.05, 4.69) is 21.5 Å². The number of carbonyl (C=O) groups is 1. The minimum absolute atomic E-state index is 0.146. The van der Waals surface area contributed by atoms with Gasteiger partial charge in [0.15, 0.2) is 5.17 Å². The summed E-state index contributed by atoms with van der Waals surface area (Å²) in [6.45, 7) is 0. The molecule has 0 unspecified atom stereocenters. The van der Waals surface area contributed by atoms with Gasteiger partial charge < -0.3 is 5.32 Å². The van der Waals surface area contributed by atoms with E-state index in [1.54, 1.807) is 18.2 Å². The van der Waals surface area contributed by atoms with E-state index < -0.39 is 0 Å². The Balaban J connectivity index is 1.48. The third-order valence-corrected chi connectivity index (χ3v) is 5.67. The zero-order valence-corrected chi connectivity index (χ0v) is 15.9. The SMILES string of the molecule is O=C(CSC1=Nc2ccccc2[C@@H]2CC=NN12)Nc1c(Cl)cccc1Cl. The van der Waals surface area contributed by atoms with Crippen molar-refractivity contribution in [1.29, 1.82) is 0 Å².